The summed E-state index contributed by atoms with van der Waals surface area (Å²) in [6, 6.07) is 7.24. The molecular weight excluding hydrogens is 244 g/mol. The molecule has 1 aromatic rings. The molecule has 2 nitrogen and oxygen atoms in total. The first kappa shape index (κ1) is 15.5. The quantitative estimate of drug-likeness (QED) is 0.642. The summed E-state index contributed by atoms with van der Waals surface area (Å²) >= 11 is 0. The van der Waals surface area contributed by atoms with E-state index in [0.29, 0.717) is 6.04 Å². The number of hydrogen-bond acceptors (Lipinski definition) is 2. The number of nitrogens with one attached hydrogen (secondary N) is 1. The number of aryl methyl sites for hydroxylation is 2. The number of hydrogen-bond donors (Lipinski definition) is 2. The zero-order chi connectivity index (χ0) is 14.4. The van der Waals surface area contributed by atoms with Crippen LogP contribution in [0.5, 0.6) is 0 Å². The largest absolute Gasteiger partial charge is 0.271 e. The number of benzene rings is 1. The smallest absolute Gasteiger partial charge is 0.0279 e. The van der Waals surface area contributed by atoms with Gasteiger partial charge in [-0.25, -0.2) is 0 Å². The Kier molecular flexibility index (Phi) is 6.06. The maximum absolute atomic E-state index is 5.86. The van der Waals surface area contributed by atoms with E-state index < -0.39 is 0 Å². The van der Waals surface area contributed by atoms with E-state index in [1.165, 1.54) is 61.6 Å². The number of hydrazine groups is 1. The van der Waals surface area contributed by atoms with Gasteiger partial charge in [-0.2, -0.15) is 0 Å². The van der Waals surface area contributed by atoms with Crippen molar-refractivity contribution in [3.63, 3.8) is 0 Å². The van der Waals surface area contributed by atoms with E-state index in [4.69, 9.17) is 5.84 Å². The Morgan fingerprint density at radius 3 is 2.30 bits per heavy atom. The lowest BCUT2D eigenvalue weighted by atomic mass is 9.83. The molecule has 0 aliphatic heterocycles. The molecule has 1 fully saturated rings. The van der Waals surface area contributed by atoms with Crippen LogP contribution in [0.25, 0.3) is 0 Å². The standard InChI is InChI=1S/C18H30N2/c1-14-10-11-16(12-15(14)2)13-18(20-19)17-8-6-4-3-5-7-9-17/h10-12,17-18,20H,3-9,13,19H2,1-2H3. The van der Waals surface area contributed by atoms with Crippen LogP contribution in [0.3, 0.4) is 0 Å². The van der Waals surface area contributed by atoms with Crippen LogP contribution >= 0.6 is 0 Å². The maximum atomic E-state index is 5.86. The predicted molar refractivity (Wildman–Crippen MR) is 86.5 cm³/mol. The van der Waals surface area contributed by atoms with Gasteiger partial charge in [0.15, 0.2) is 0 Å². The second-order valence-electron chi connectivity index (χ2n) is 6.50. The van der Waals surface area contributed by atoms with Crippen LogP contribution in [-0.4, -0.2) is 6.04 Å². The first-order chi connectivity index (χ1) is 9.70. The third kappa shape index (κ3) is 4.32. The average molecular weight is 274 g/mol. The molecule has 0 radical (unpaired) electrons. The van der Waals surface area contributed by atoms with Gasteiger partial charge in [0.1, 0.15) is 0 Å². The summed E-state index contributed by atoms with van der Waals surface area (Å²) in [4.78, 5) is 0. The van der Waals surface area contributed by atoms with E-state index in [1.54, 1.807) is 0 Å². The molecule has 0 aromatic heterocycles. The first-order valence-electron chi connectivity index (χ1n) is 8.23. The molecule has 0 saturated heterocycles. The fraction of sp³-hybridized carbons (Fsp3) is 0.667. The van der Waals surface area contributed by atoms with Crippen molar-refractivity contribution in [2.24, 2.45) is 11.8 Å². The molecule has 3 N–H and O–H groups in total. The highest BCUT2D eigenvalue weighted by Gasteiger charge is 2.21. The van der Waals surface area contributed by atoms with Gasteiger partial charge >= 0.3 is 0 Å². The first-order valence-corrected chi connectivity index (χ1v) is 8.23. The fourth-order valence-corrected chi connectivity index (χ4v) is 3.44. The Hall–Kier alpha value is -0.860. The summed E-state index contributed by atoms with van der Waals surface area (Å²) in [6.07, 6.45) is 10.7. The third-order valence-corrected chi connectivity index (χ3v) is 4.96. The van der Waals surface area contributed by atoms with Gasteiger partial charge in [-0.05, 0) is 55.7 Å². The summed E-state index contributed by atoms with van der Waals surface area (Å²) in [5.41, 5.74) is 7.27. The molecule has 0 spiro atoms. The van der Waals surface area contributed by atoms with Crippen LogP contribution in [0.2, 0.25) is 0 Å². The van der Waals surface area contributed by atoms with E-state index >= 15 is 0 Å². The summed E-state index contributed by atoms with van der Waals surface area (Å²) in [7, 11) is 0. The van der Waals surface area contributed by atoms with Crippen molar-refractivity contribution >= 4 is 0 Å². The highest BCUT2D eigenvalue weighted by molar-refractivity contribution is 5.30. The topological polar surface area (TPSA) is 38.0 Å². The van der Waals surface area contributed by atoms with Gasteiger partial charge < -0.3 is 0 Å². The van der Waals surface area contributed by atoms with Gasteiger partial charge in [-0.15, -0.1) is 0 Å². The van der Waals surface area contributed by atoms with Crippen molar-refractivity contribution in [2.75, 3.05) is 0 Å². The molecule has 1 aromatic carbocycles. The summed E-state index contributed by atoms with van der Waals surface area (Å²) in [5.74, 6) is 6.60. The molecule has 0 amide bonds. The fourth-order valence-electron chi connectivity index (χ4n) is 3.44. The Morgan fingerprint density at radius 2 is 1.70 bits per heavy atom. The molecule has 1 saturated carbocycles. The lowest BCUT2D eigenvalue weighted by Crippen LogP contribution is -2.42. The summed E-state index contributed by atoms with van der Waals surface area (Å²) < 4.78 is 0. The third-order valence-electron chi connectivity index (χ3n) is 4.96. The SMILES string of the molecule is Cc1ccc(CC(NN)C2CCCCCCC2)cc1C. The monoisotopic (exact) mass is 274 g/mol. The Labute approximate surface area is 124 Å². The molecule has 112 valence electrons. The van der Waals surface area contributed by atoms with Gasteiger partial charge in [0, 0.05) is 6.04 Å². The number of rotatable bonds is 4. The van der Waals surface area contributed by atoms with E-state index in [9.17, 15) is 0 Å². The Balaban J connectivity index is 2.00. The van der Waals surface area contributed by atoms with E-state index in [1.807, 2.05) is 0 Å². The molecule has 2 heteroatoms. The second kappa shape index (κ2) is 7.80. The van der Waals surface area contributed by atoms with Gasteiger partial charge in [-0.3, -0.25) is 11.3 Å². The highest BCUT2D eigenvalue weighted by atomic mass is 15.2. The summed E-state index contributed by atoms with van der Waals surface area (Å²) in [6.45, 7) is 4.37. The van der Waals surface area contributed by atoms with Crippen molar-refractivity contribution in [1.29, 1.82) is 0 Å². The van der Waals surface area contributed by atoms with Crippen LogP contribution in [-0.2, 0) is 6.42 Å². The molecular formula is C18H30N2. The number of nitrogens with two attached hydrogens (primary N) is 1. The lowest BCUT2D eigenvalue weighted by molar-refractivity contribution is 0.285. The maximum Gasteiger partial charge on any atom is 0.0279 e. The van der Waals surface area contributed by atoms with Gasteiger partial charge in [-0.1, -0.05) is 50.3 Å². The minimum Gasteiger partial charge on any atom is -0.271 e. The molecule has 0 bridgehead atoms. The molecule has 1 aliphatic carbocycles. The van der Waals surface area contributed by atoms with Gasteiger partial charge in [0.2, 0.25) is 0 Å². The molecule has 1 unspecified atom stereocenters. The highest BCUT2D eigenvalue weighted by Crippen LogP contribution is 2.26. The Bertz CT molecular complexity index is 406. The normalized spacial score (nSPS) is 19.4. The second-order valence-corrected chi connectivity index (χ2v) is 6.50. The van der Waals surface area contributed by atoms with Crippen molar-refractivity contribution in [3.05, 3.63) is 34.9 Å². The molecule has 20 heavy (non-hydrogen) atoms. The van der Waals surface area contributed by atoms with Crippen molar-refractivity contribution < 1.29 is 0 Å². The molecule has 1 atom stereocenters. The van der Waals surface area contributed by atoms with Crippen molar-refractivity contribution in [1.82, 2.24) is 5.43 Å². The van der Waals surface area contributed by atoms with Crippen LogP contribution in [0.4, 0.5) is 0 Å². The average Bonchev–Trinajstić information content (AvgIpc) is 2.40. The summed E-state index contributed by atoms with van der Waals surface area (Å²) in [5, 5.41) is 0. The van der Waals surface area contributed by atoms with Crippen LogP contribution in [0.15, 0.2) is 18.2 Å². The minimum absolute atomic E-state index is 0.426. The molecule has 2 rings (SSSR count). The minimum atomic E-state index is 0.426. The van der Waals surface area contributed by atoms with Crippen molar-refractivity contribution in [3.8, 4) is 0 Å². The van der Waals surface area contributed by atoms with E-state index in [-0.39, 0.29) is 0 Å². The zero-order valence-electron chi connectivity index (χ0n) is 13.1. The molecule has 0 heterocycles. The van der Waals surface area contributed by atoms with Gasteiger partial charge in [0.05, 0.1) is 0 Å². The van der Waals surface area contributed by atoms with Crippen LogP contribution in [0, 0.1) is 19.8 Å². The van der Waals surface area contributed by atoms with Crippen LogP contribution < -0.4 is 11.3 Å². The van der Waals surface area contributed by atoms with Crippen molar-refractivity contribution in [2.45, 2.75) is 71.3 Å². The van der Waals surface area contributed by atoms with E-state index in [2.05, 4.69) is 37.5 Å². The molecule has 1 aliphatic rings. The Morgan fingerprint density at radius 1 is 1.05 bits per heavy atom. The zero-order valence-corrected chi connectivity index (χ0v) is 13.1. The van der Waals surface area contributed by atoms with Gasteiger partial charge in [0.25, 0.3) is 0 Å². The lowest BCUT2D eigenvalue weighted by Gasteiger charge is -2.28. The van der Waals surface area contributed by atoms with Crippen LogP contribution in [0.1, 0.15) is 61.6 Å². The predicted octanol–water partition coefficient (Wildman–Crippen LogP) is 4.04. The van der Waals surface area contributed by atoms with E-state index in [0.717, 1.165) is 12.3 Å².